The first-order valence-electron chi connectivity index (χ1n) is 8.52. The highest BCUT2D eigenvalue weighted by molar-refractivity contribution is 7.99. The summed E-state index contributed by atoms with van der Waals surface area (Å²) in [7, 11) is 0. The van der Waals surface area contributed by atoms with E-state index in [-0.39, 0.29) is 22.9 Å². The van der Waals surface area contributed by atoms with Crippen LogP contribution in [-0.2, 0) is 11.3 Å². The van der Waals surface area contributed by atoms with Crippen molar-refractivity contribution in [1.29, 1.82) is 0 Å². The van der Waals surface area contributed by atoms with E-state index in [2.05, 4.69) is 15.5 Å². The van der Waals surface area contributed by atoms with E-state index in [0.29, 0.717) is 23.1 Å². The Hall–Kier alpha value is -3.60. The zero-order valence-electron chi connectivity index (χ0n) is 15.3. The fourth-order valence-electron chi connectivity index (χ4n) is 2.60. The molecule has 0 spiro atoms. The van der Waals surface area contributed by atoms with Gasteiger partial charge in [0, 0.05) is 12.6 Å². The van der Waals surface area contributed by atoms with Gasteiger partial charge in [-0.3, -0.25) is 14.9 Å². The van der Waals surface area contributed by atoms with E-state index >= 15 is 0 Å². The zero-order chi connectivity index (χ0) is 21.0. The van der Waals surface area contributed by atoms with Gasteiger partial charge in [-0.15, -0.1) is 10.2 Å². The van der Waals surface area contributed by atoms with Crippen molar-refractivity contribution in [3.05, 3.63) is 52.6 Å². The average molecular weight is 415 g/mol. The van der Waals surface area contributed by atoms with Crippen LogP contribution in [0.5, 0.6) is 11.5 Å². The van der Waals surface area contributed by atoms with E-state index in [9.17, 15) is 25.1 Å². The van der Waals surface area contributed by atoms with E-state index < -0.39 is 16.6 Å². The average Bonchev–Trinajstić information content (AvgIpc) is 3.10. The number of amides is 1. The lowest BCUT2D eigenvalue weighted by molar-refractivity contribution is -0.384. The largest absolute Gasteiger partial charge is 0.507 e. The van der Waals surface area contributed by atoms with Crippen molar-refractivity contribution >= 4 is 29.0 Å². The van der Waals surface area contributed by atoms with Gasteiger partial charge in [0.05, 0.1) is 28.0 Å². The highest BCUT2D eigenvalue weighted by Gasteiger charge is 2.17. The van der Waals surface area contributed by atoms with Gasteiger partial charge >= 0.3 is 0 Å². The zero-order valence-corrected chi connectivity index (χ0v) is 16.1. The molecule has 0 aliphatic rings. The number of nitro benzene ring substituents is 1. The predicted octanol–water partition coefficient (Wildman–Crippen LogP) is 3.02. The number of carbonyl (C=O) groups excluding carboxylic acids is 1. The smallest absolute Gasteiger partial charge is 0.273 e. The molecule has 0 bridgehead atoms. The predicted molar refractivity (Wildman–Crippen MR) is 107 cm³/mol. The molecule has 0 saturated carbocycles. The van der Waals surface area contributed by atoms with Crippen LogP contribution < -0.4 is 5.32 Å². The fraction of sp³-hybridized carbons (Fsp3) is 0.167. The second-order valence-corrected chi connectivity index (χ2v) is 6.81. The molecular formula is C18H17N5O5S. The standard InChI is InChI=1S/C18H17N5O5S/c1-2-22-17(12-5-3-4-6-14(12)24)20-21-18(22)29-10-16(26)19-13-8-7-11(23(27)28)9-15(13)25/h3-9,24-25H,2,10H2,1H3,(H,19,26). The van der Waals surface area contributed by atoms with Gasteiger partial charge in [-0.2, -0.15) is 0 Å². The molecule has 2 aromatic carbocycles. The van der Waals surface area contributed by atoms with Crippen molar-refractivity contribution in [2.24, 2.45) is 0 Å². The van der Waals surface area contributed by atoms with E-state index in [1.165, 1.54) is 12.1 Å². The number of non-ortho nitro benzene ring substituents is 1. The maximum atomic E-state index is 12.2. The number of aromatic nitrogens is 3. The Balaban J connectivity index is 1.70. The van der Waals surface area contributed by atoms with Crippen LogP contribution in [0.15, 0.2) is 47.6 Å². The third kappa shape index (κ3) is 4.46. The van der Waals surface area contributed by atoms with Gasteiger partial charge in [0.25, 0.3) is 5.69 Å². The summed E-state index contributed by atoms with van der Waals surface area (Å²) in [5.41, 5.74) is 0.338. The Morgan fingerprint density at radius 3 is 2.62 bits per heavy atom. The van der Waals surface area contributed by atoms with Crippen LogP contribution in [0.1, 0.15) is 6.92 Å². The number of phenols is 2. The lowest BCUT2D eigenvalue weighted by Gasteiger charge is -2.09. The number of benzene rings is 2. The number of anilines is 1. The number of carbonyl (C=O) groups is 1. The second-order valence-electron chi connectivity index (χ2n) is 5.86. The Bertz CT molecular complexity index is 1070. The minimum atomic E-state index is -0.638. The van der Waals surface area contributed by atoms with E-state index in [1.807, 2.05) is 6.92 Å². The molecule has 0 aliphatic heterocycles. The summed E-state index contributed by atoms with van der Waals surface area (Å²) in [6.45, 7) is 2.43. The van der Waals surface area contributed by atoms with E-state index in [1.54, 1.807) is 28.8 Å². The maximum Gasteiger partial charge on any atom is 0.273 e. The molecule has 1 aromatic heterocycles. The molecule has 3 N–H and O–H groups in total. The van der Waals surface area contributed by atoms with Crippen LogP contribution in [0.4, 0.5) is 11.4 Å². The molecule has 11 heteroatoms. The highest BCUT2D eigenvalue weighted by atomic mass is 32.2. The molecular weight excluding hydrogens is 398 g/mol. The van der Waals surface area contributed by atoms with Crippen LogP contribution in [0.2, 0.25) is 0 Å². The number of hydrogen-bond acceptors (Lipinski definition) is 8. The minimum Gasteiger partial charge on any atom is -0.507 e. The third-order valence-electron chi connectivity index (χ3n) is 3.98. The molecule has 0 fully saturated rings. The number of nitrogens with zero attached hydrogens (tertiary/aromatic N) is 4. The Kier molecular flexibility index (Phi) is 5.98. The summed E-state index contributed by atoms with van der Waals surface area (Å²) >= 11 is 1.14. The van der Waals surface area contributed by atoms with Gasteiger partial charge in [-0.25, -0.2) is 0 Å². The maximum absolute atomic E-state index is 12.2. The highest BCUT2D eigenvalue weighted by Crippen LogP contribution is 2.31. The van der Waals surface area contributed by atoms with Gasteiger partial charge in [-0.05, 0) is 25.1 Å². The summed E-state index contributed by atoms with van der Waals surface area (Å²) in [4.78, 5) is 22.3. The first kappa shape index (κ1) is 20.1. The number of nitrogens with one attached hydrogen (secondary N) is 1. The Morgan fingerprint density at radius 2 is 1.97 bits per heavy atom. The molecule has 10 nitrogen and oxygen atoms in total. The number of nitro groups is 1. The van der Waals surface area contributed by atoms with Crippen LogP contribution in [0, 0.1) is 10.1 Å². The van der Waals surface area contributed by atoms with E-state index in [4.69, 9.17) is 0 Å². The van der Waals surface area contributed by atoms with Crippen molar-refractivity contribution in [2.45, 2.75) is 18.6 Å². The monoisotopic (exact) mass is 415 g/mol. The van der Waals surface area contributed by atoms with Crippen LogP contribution in [0.3, 0.4) is 0 Å². The minimum absolute atomic E-state index is 0.0185. The number of aromatic hydroxyl groups is 2. The number of hydrogen-bond donors (Lipinski definition) is 3. The Labute approximate surface area is 169 Å². The normalized spacial score (nSPS) is 10.7. The third-order valence-corrected chi connectivity index (χ3v) is 4.94. The van der Waals surface area contributed by atoms with Crippen molar-refractivity contribution in [1.82, 2.24) is 14.8 Å². The van der Waals surface area contributed by atoms with Crippen molar-refractivity contribution in [3.8, 4) is 22.9 Å². The molecule has 0 saturated heterocycles. The summed E-state index contributed by atoms with van der Waals surface area (Å²) in [6.07, 6.45) is 0. The molecule has 1 heterocycles. The molecule has 0 unspecified atom stereocenters. The van der Waals surface area contributed by atoms with Gasteiger partial charge in [-0.1, -0.05) is 23.9 Å². The van der Waals surface area contributed by atoms with Crippen LogP contribution >= 0.6 is 11.8 Å². The lowest BCUT2D eigenvalue weighted by atomic mass is 10.2. The molecule has 0 aliphatic carbocycles. The molecule has 0 radical (unpaired) electrons. The van der Waals surface area contributed by atoms with E-state index in [0.717, 1.165) is 17.8 Å². The van der Waals surface area contributed by atoms with Crippen LogP contribution in [-0.4, -0.2) is 41.6 Å². The van der Waals surface area contributed by atoms with Gasteiger partial charge in [0.15, 0.2) is 11.0 Å². The van der Waals surface area contributed by atoms with Gasteiger partial charge < -0.3 is 20.1 Å². The molecule has 0 atom stereocenters. The van der Waals surface area contributed by atoms with Gasteiger partial charge in [0.1, 0.15) is 11.5 Å². The summed E-state index contributed by atoms with van der Waals surface area (Å²) in [6, 6.07) is 10.2. The molecule has 3 aromatic rings. The Morgan fingerprint density at radius 1 is 1.21 bits per heavy atom. The van der Waals surface area contributed by atoms with Crippen molar-refractivity contribution in [3.63, 3.8) is 0 Å². The topological polar surface area (TPSA) is 143 Å². The molecule has 1 amide bonds. The molecule has 150 valence electrons. The first-order valence-corrected chi connectivity index (χ1v) is 9.51. The fourth-order valence-corrected chi connectivity index (χ4v) is 3.40. The number of phenolic OH excluding ortho intramolecular Hbond substituents is 2. The van der Waals surface area contributed by atoms with Gasteiger partial charge in [0.2, 0.25) is 5.91 Å². The first-order chi connectivity index (χ1) is 13.9. The number of para-hydroxylation sites is 1. The molecule has 29 heavy (non-hydrogen) atoms. The SMILES string of the molecule is CCn1c(SCC(=O)Nc2ccc([N+](=O)[O-])cc2O)nnc1-c1ccccc1O. The summed E-state index contributed by atoms with van der Waals surface area (Å²) in [5, 5.41) is 41.8. The lowest BCUT2D eigenvalue weighted by Crippen LogP contribution is -2.14. The second kappa shape index (κ2) is 8.61. The quantitative estimate of drug-likeness (QED) is 0.231. The molecule has 3 rings (SSSR count). The van der Waals surface area contributed by atoms with Crippen LogP contribution in [0.25, 0.3) is 11.4 Å². The summed E-state index contributed by atoms with van der Waals surface area (Å²) in [5.74, 6) is -0.265. The van der Waals surface area contributed by atoms with Crippen molar-refractivity contribution in [2.75, 3.05) is 11.1 Å². The number of thioether (sulfide) groups is 1. The summed E-state index contributed by atoms with van der Waals surface area (Å²) < 4.78 is 1.77. The van der Waals surface area contributed by atoms with Crippen molar-refractivity contribution < 1.29 is 19.9 Å². The number of rotatable bonds is 7.